The molecule has 0 bridgehead atoms. The fourth-order valence-electron chi connectivity index (χ4n) is 1.83. The van der Waals surface area contributed by atoms with Gasteiger partial charge in [-0.3, -0.25) is 4.79 Å². The van der Waals surface area contributed by atoms with Crippen LogP contribution in [0, 0.1) is 6.92 Å². The summed E-state index contributed by atoms with van der Waals surface area (Å²) in [7, 11) is 1.48. The number of ether oxygens (including phenoxy) is 1. The van der Waals surface area contributed by atoms with E-state index in [2.05, 4.69) is 15.9 Å². The highest BCUT2D eigenvalue weighted by Gasteiger charge is 2.07. The topological polar surface area (TPSA) is 46.5 Å². The molecule has 0 unspecified atom stereocenters. The van der Waals surface area contributed by atoms with Crippen LogP contribution in [0.1, 0.15) is 21.5 Å². The third kappa shape index (κ3) is 3.73. The maximum absolute atomic E-state index is 12.1. The van der Waals surface area contributed by atoms with Gasteiger partial charge in [-0.15, -0.1) is 0 Å². The van der Waals surface area contributed by atoms with Crippen molar-refractivity contribution in [1.82, 2.24) is 0 Å². The van der Waals surface area contributed by atoms with Gasteiger partial charge < -0.3 is 9.84 Å². The molecule has 2 aromatic carbocycles. The zero-order valence-corrected chi connectivity index (χ0v) is 13.3. The number of aromatic hydroxyl groups is 1. The number of phenols is 1. The summed E-state index contributed by atoms with van der Waals surface area (Å²) in [5, 5.41) is 9.74. The summed E-state index contributed by atoms with van der Waals surface area (Å²) in [6, 6.07) is 10.8. The molecule has 0 aromatic heterocycles. The van der Waals surface area contributed by atoms with Gasteiger partial charge >= 0.3 is 0 Å². The lowest BCUT2D eigenvalue weighted by Crippen LogP contribution is -1.93. The molecule has 0 amide bonds. The molecule has 0 atom stereocenters. The fourth-order valence-corrected chi connectivity index (χ4v) is 2.29. The van der Waals surface area contributed by atoms with Crippen LogP contribution in [-0.4, -0.2) is 18.0 Å². The minimum atomic E-state index is -0.0711. The van der Waals surface area contributed by atoms with E-state index in [4.69, 9.17) is 4.74 Å². The monoisotopic (exact) mass is 346 g/mol. The molecule has 0 radical (unpaired) electrons. The molecule has 0 aliphatic carbocycles. The van der Waals surface area contributed by atoms with Crippen LogP contribution in [-0.2, 0) is 0 Å². The Bertz CT molecular complexity index is 688. The molecular weight excluding hydrogens is 332 g/mol. The van der Waals surface area contributed by atoms with Crippen molar-refractivity contribution in [2.24, 2.45) is 0 Å². The molecule has 1 N–H and O–H groups in total. The van der Waals surface area contributed by atoms with Gasteiger partial charge in [0.15, 0.2) is 17.3 Å². The van der Waals surface area contributed by atoms with Gasteiger partial charge in [0.05, 0.1) is 11.6 Å². The van der Waals surface area contributed by atoms with E-state index in [-0.39, 0.29) is 11.5 Å². The van der Waals surface area contributed by atoms with Crippen LogP contribution in [0.2, 0.25) is 0 Å². The molecule has 0 saturated carbocycles. The summed E-state index contributed by atoms with van der Waals surface area (Å²) in [5.74, 6) is 0.324. The largest absolute Gasteiger partial charge is 0.503 e. The van der Waals surface area contributed by atoms with Crippen molar-refractivity contribution in [2.45, 2.75) is 6.92 Å². The Hall–Kier alpha value is -2.07. The van der Waals surface area contributed by atoms with E-state index in [1.807, 2.05) is 19.1 Å². The Morgan fingerprint density at radius 3 is 2.52 bits per heavy atom. The maximum atomic E-state index is 12.1. The molecule has 2 rings (SSSR count). The number of aryl methyl sites for hydroxylation is 1. The lowest BCUT2D eigenvalue weighted by molar-refractivity contribution is 0.104. The van der Waals surface area contributed by atoms with Crippen molar-refractivity contribution in [3.05, 3.63) is 63.6 Å². The number of carbonyl (C=O) groups excluding carboxylic acids is 1. The van der Waals surface area contributed by atoms with Crippen molar-refractivity contribution in [3.63, 3.8) is 0 Å². The number of rotatable bonds is 4. The summed E-state index contributed by atoms with van der Waals surface area (Å²) >= 11 is 3.25. The Labute approximate surface area is 132 Å². The van der Waals surface area contributed by atoms with Crippen LogP contribution >= 0.6 is 15.9 Å². The second kappa shape index (κ2) is 6.59. The van der Waals surface area contributed by atoms with Gasteiger partial charge in [-0.2, -0.15) is 0 Å². The zero-order valence-electron chi connectivity index (χ0n) is 11.8. The fraction of sp³-hybridized carbons (Fsp3) is 0.118. The summed E-state index contributed by atoms with van der Waals surface area (Å²) in [4.78, 5) is 12.1. The number of carbonyl (C=O) groups is 1. The van der Waals surface area contributed by atoms with Crippen LogP contribution in [0.5, 0.6) is 11.5 Å². The normalized spacial score (nSPS) is 10.8. The third-order valence-corrected chi connectivity index (χ3v) is 3.64. The van der Waals surface area contributed by atoms with Gasteiger partial charge in [0.25, 0.3) is 0 Å². The van der Waals surface area contributed by atoms with Crippen molar-refractivity contribution in [3.8, 4) is 11.5 Å². The van der Waals surface area contributed by atoms with Crippen molar-refractivity contribution in [1.29, 1.82) is 0 Å². The van der Waals surface area contributed by atoms with Gasteiger partial charge in [0.2, 0.25) is 0 Å². The Balaban J connectivity index is 2.23. The Kier molecular flexibility index (Phi) is 4.81. The van der Waals surface area contributed by atoms with Crippen LogP contribution in [0.15, 0.2) is 46.9 Å². The molecule has 4 heteroatoms. The lowest BCUT2D eigenvalue weighted by atomic mass is 10.1. The number of ketones is 1. The molecular formula is C17H15BrO3. The van der Waals surface area contributed by atoms with Gasteiger partial charge in [-0.25, -0.2) is 0 Å². The van der Waals surface area contributed by atoms with Crippen LogP contribution in [0.4, 0.5) is 0 Å². The minimum Gasteiger partial charge on any atom is -0.503 e. The summed E-state index contributed by atoms with van der Waals surface area (Å²) in [5.41, 5.74) is 2.52. The van der Waals surface area contributed by atoms with Gasteiger partial charge in [0.1, 0.15) is 0 Å². The first kappa shape index (κ1) is 15.3. The van der Waals surface area contributed by atoms with Crippen molar-refractivity contribution < 1.29 is 14.6 Å². The Morgan fingerprint density at radius 2 is 1.90 bits per heavy atom. The van der Waals surface area contributed by atoms with E-state index in [1.54, 1.807) is 30.3 Å². The average molecular weight is 347 g/mol. The predicted molar refractivity (Wildman–Crippen MR) is 86.9 cm³/mol. The molecule has 0 aliphatic heterocycles. The Morgan fingerprint density at radius 1 is 1.24 bits per heavy atom. The molecule has 108 valence electrons. The number of benzene rings is 2. The quantitative estimate of drug-likeness (QED) is 0.660. The summed E-state index contributed by atoms with van der Waals surface area (Å²) in [6.45, 7) is 1.98. The van der Waals surface area contributed by atoms with E-state index in [1.165, 1.54) is 13.2 Å². The second-order valence-electron chi connectivity index (χ2n) is 4.62. The van der Waals surface area contributed by atoms with E-state index in [9.17, 15) is 9.90 Å². The first-order valence-electron chi connectivity index (χ1n) is 6.37. The molecule has 0 fully saturated rings. The highest BCUT2D eigenvalue weighted by Crippen LogP contribution is 2.35. The molecule has 3 nitrogen and oxygen atoms in total. The molecule has 21 heavy (non-hydrogen) atoms. The lowest BCUT2D eigenvalue weighted by Gasteiger charge is -2.06. The summed E-state index contributed by atoms with van der Waals surface area (Å²) < 4.78 is 5.59. The average Bonchev–Trinajstić information content (AvgIpc) is 2.48. The first-order valence-corrected chi connectivity index (χ1v) is 7.16. The molecule has 2 aromatic rings. The van der Waals surface area contributed by atoms with Gasteiger partial charge in [0, 0.05) is 5.56 Å². The zero-order chi connectivity index (χ0) is 15.4. The van der Waals surface area contributed by atoms with Crippen LogP contribution in [0.3, 0.4) is 0 Å². The van der Waals surface area contributed by atoms with Gasteiger partial charge in [-0.05, 0) is 46.6 Å². The van der Waals surface area contributed by atoms with Crippen molar-refractivity contribution >= 4 is 27.8 Å². The third-order valence-electron chi connectivity index (χ3n) is 3.03. The smallest absolute Gasteiger partial charge is 0.185 e. The predicted octanol–water partition coefficient (Wildman–Crippen LogP) is 4.37. The highest BCUT2D eigenvalue weighted by molar-refractivity contribution is 9.10. The molecule has 0 heterocycles. The number of allylic oxidation sites excluding steroid dienone is 1. The standard InChI is InChI=1S/C17H15BrO3/c1-11-3-6-13(7-4-11)15(19)8-5-12-9-14(18)17(20)16(10-12)21-2/h3-10,20H,1-2H3. The van der Waals surface area contributed by atoms with E-state index in [0.717, 1.165) is 11.1 Å². The van der Waals surface area contributed by atoms with Crippen LogP contribution in [0.25, 0.3) is 6.08 Å². The molecule has 0 spiro atoms. The number of hydrogen-bond acceptors (Lipinski definition) is 3. The van der Waals surface area contributed by atoms with E-state index < -0.39 is 0 Å². The minimum absolute atomic E-state index is 0.0412. The van der Waals surface area contributed by atoms with Crippen LogP contribution < -0.4 is 4.74 Å². The number of hydrogen-bond donors (Lipinski definition) is 1. The molecule has 0 saturated heterocycles. The number of methoxy groups -OCH3 is 1. The summed E-state index contributed by atoms with van der Waals surface area (Å²) in [6.07, 6.45) is 3.19. The van der Waals surface area contributed by atoms with Gasteiger partial charge in [-0.1, -0.05) is 35.9 Å². The van der Waals surface area contributed by atoms with E-state index >= 15 is 0 Å². The van der Waals surface area contributed by atoms with E-state index in [0.29, 0.717) is 15.8 Å². The second-order valence-corrected chi connectivity index (χ2v) is 5.47. The highest BCUT2D eigenvalue weighted by atomic mass is 79.9. The number of phenolic OH excluding ortho intramolecular Hbond substituents is 1. The van der Waals surface area contributed by atoms with Crippen molar-refractivity contribution in [2.75, 3.05) is 7.11 Å². The molecule has 0 aliphatic rings. The number of halogens is 1. The SMILES string of the molecule is COc1cc(C=CC(=O)c2ccc(C)cc2)cc(Br)c1O. The maximum Gasteiger partial charge on any atom is 0.185 e. The first-order chi connectivity index (χ1) is 10.0.